The summed E-state index contributed by atoms with van der Waals surface area (Å²) in [6, 6.07) is 0. The Hall–Kier alpha value is 4.16. The molecule has 0 aromatic heterocycles. The third-order valence-corrected chi connectivity index (χ3v) is 98.5. The van der Waals surface area contributed by atoms with Gasteiger partial charge in [-0.2, -0.15) is 0 Å². The Kier molecular flexibility index (Phi) is 9.06. The van der Waals surface area contributed by atoms with Crippen LogP contribution in [0, 0.1) is 10.8 Å². The fraction of sp³-hybridized carbons (Fsp3) is 0.833. The molecule has 0 nitrogen and oxygen atoms in total. The van der Waals surface area contributed by atoms with Crippen molar-refractivity contribution in [2.45, 2.75) is 54.4 Å². The van der Waals surface area contributed by atoms with Crippen molar-refractivity contribution in [3.05, 3.63) is 0 Å². The summed E-state index contributed by atoms with van der Waals surface area (Å²) < 4.78 is 4.63. The second kappa shape index (κ2) is 7.97. The zero-order chi connectivity index (χ0) is 12.4. The molecule has 4 heteroatoms. The maximum absolute atomic E-state index is 2.46. The van der Waals surface area contributed by atoms with Gasteiger partial charge >= 0.3 is 148 Å². The molecule has 1 heterocycles. The molecule has 0 saturated carbocycles. The fourth-order valence-corrected chi connectivity index (χ4v) is 221. The molecule has 1 rings (SSSR count). The van der Waals surface area contributed by atoms with Gasteiger partial charge in [0.2, 0.25) is 0 Å². The van der Waals surface area contributed by atoms with Crippen molar-refractivity contribution < 1.29 is 84.4 Å². The van der Waals surface area contributed by atoms with Crippen molar-refractivity contribution in [2.75, 3.05) is 0 Å². The van der Waals surface area contributed by atoms with Crippen LogP contribution in [0.5, 0.6) is 0 Å². The van der Waals surface area contributed by atoms with E-state index in [0.29, 0.717) is 10.8 Å². The summed E-state index contributed by atoms with van der Waals surface area (Å²) in [5.74, 6) is 0. The standard InChI is InChI=1S/2C6H11.4Y/c2*1-5-6(2,3)4;;;;/h2*5H2,2-4H3;;;;. The summed E-state index contributed by atoms with van der Waals surface area (Å²) in [5, 5.41) is 0. The minimum atomic E-state index is -0.258. The van der Waals surface area contributed by atoms with Crippen LogP contribution in [-0.2, 0) is 84.4 Å². The molecule has 0 N–H and O–H groups in total. The molecule has 0 aromatic carbocycles. The van der Waals surface area contributed by atoms with Crippen molar-refractivity contribution in [3.63, 3.8) is 0 Å². The van der Waals surface area contributed by atoms with Gasteiger partial charge in [-0.1, -0.05) is 0 Å². The van der Waals surface area contributed by atoms with E-state index in [1.165, 1.54) is 0 Å². The second-order valence-corrected chi connectivity index (χ2v) is 74.3. The quantitative estimate of drug-likeness (QED) is 0.523. The monoisotopic (exact) mass is 522 g/mol. The van der Waals surface area contributed by atoms with E-state index >= 15 is 0 Å². The second-order valence-electron chi connectivity index (χ2n) is 7.29. The van der Waals surface area contributed by atoms with Gasteiger partial charge < -0.3 is 0 Å². The van der Waals surface area contributed by atoms with Crippen LogP contribution in [0.15, 0.2) is 0 Å². The van der Waals surface area contributed by atoms with Crippen molar-refractivity contribution in [1.29, 1.82) is 0 Å². The predicted molar refractivity (Wildman–Crippen MR) is 58.2 cm³/mol. The Labute approximate surface area is 143 Å². The number of rotatable bonds is 2. The average molecular weight is 522 g/mol. The molecule has 0 bridgehead atoms. The van der Waals surface area contributed by atoms with Gasteiger partial charge in [-0.05, 0) is 0 Å². The summed E-state index contributed by atoms with van der Waals surface area (Å²) >= 11 is 0.0523. The van der Waals surface area contributed by atoms with Crippen molar-refractivity contribution in [3.8, 4) is 0 Å². The van der Waals surface area contributed by atoms with E-state index in [4.69, 9.17) is 0 Å². The van der Waals surface area contributed by atoms with Crippen LogP contribution >= 0.6 is 0 Å². The Morgan fingerprint density at radius 3 is 1.81 bits per heavy atom. The third kappa shape index (κ3) is 9.16. The summed E-state index contributed by atoms with van der Waals surface area (Å²) in [6.45, 7) is 14.7. The van der Waals surface area contributed by atoms with Crippen LogP contribution in [0.2, 0.25) is 0 Å². The topological polar surface area (TPSA) is 0 Å². The molecule has 0 unspecified atom stereocenters. The van der Waals surface area contributed by atoms with E-state index in [0.717, 1.165) is 0 Å². The molecule has 0 aromatic rings. The van der Waals surface area contributed by atoms with Crippen LogP contribution in [0.4, 0.5) is 0 Å². The summed E-state index contributed by atoms with van der Waals surface area (Å²) in [7, 11) is 0. The molecule has 82 valence electrons. The van der Waals surface area contributed by atoms with Gasteiger partial charge in [0.15, 0.2) is 0 Å². The van der Waals surface area contributed by atoms with Crippen LogP contribution in [0.3, 0.4) is 0 Å². The van der Waals surface area contributed by atoms with Crippen molar-refractivity contribution >= 4 is -1.78 Å². The molecule has 0 spiro atoms. The Morgan fingerprint density at radius 2 is 1.31 bits per heavy atom. The SMILES string of the molecule is CC(C)(C)C[C]1=[Y][Y]=[Y][C](CC(C)(C)C)=[Y]1. The van der Waals surface area contributed by atoms with E-state index in [-0.39, 0.29) is 84.4 Å². The van der Waals surface area contributed by atoms with Crippen LogP contribution < -0.4 is 0 Å². The molecular weight excluding hydrogens is 500 g/mol. The first kappa shape index (κ1) is 18.2. The zero-order valence-corrected chi connectivity index (χ0v) is 23.1. The van der Waals surface area contributed by atoms with Gasteiger partial charge in [-0.25, -0.2) is 0 Å². The van der Waals surface area contributed by atoms with E-state index in [2.05, 4.69) is 39.8 Å². The molecule has 1 aliphatic rings. The van der Waals surface area contributed by atoms with E-state index < -0.39 is 0 Å². The van der Waals surface area contributed by atoms with Crippen molar-refractivity contribution in [1.82, 2.24) is 0 Å². The summed E-state index contributed by atoms with van der Waals surface area (Å²) in [6.07, 6.45) is 3.13. The molecule has 0 aliphatic carbocycles. The zero-order valence-electron chi connectivity index (χ0n) is 11.7. The molecule has 0 amide bonds. The molecule has 16 heavy (non-hydrogen) atoms. The normalized spacial score (nSPS) is 15.1. The number of hydrogen-bond acceptors (Lipinski definition) is 0. The number of hydrogen-bond donors (Lipinski definition) is 0. The van der Waals surface area contributed by atoms with Crippen LogP contribution in [0.1, 0.15) is 54.4 Å². The molecule has 0 saturated heterocycles. The van der Waals surface area contributed by atoms with Crippen LogP contribution in [-0.4, -0.2) is -1.78 Å². The first-order valence-electron chi connectivity index (χ1n) is 6.24. The first-order chi connectivity index (χ1) is 7.16. The van der Waals surface area contributed by atoms with Gasteiger partial charge in [0.05, 0.1) is 0 Å². The molecule has 0 fully saturated rings. The van der Waals surface area contributed by atoms with Gasteiger partial charge in [0, 0.05) is 0 Å². The molecule has 0 radical (unpaired) electrons. The molecule has 1 aliphatic heterocycles. The average Bonchev–Trinajstić information content (AvgIpc) is 1.96. The maximum atomic E-state index is 2.46. The molecule has 0 atom stereocenters. The van der Waals surface area contributed by atoms with Gasteiger partial charge in [0.1, 0.15) is 0 Å². The predicted octanol–water partition coefficient (Wildman–Crippen LogP) is 3.29. The van der Waals surface area contributed by atoms with E-state index in [1.54, 1.807) is 12.8 Å². The first-order valence-corrected chi connectivity index (χ1v) is 34.6. The van der Waals surface area contributed by atoms with Gasteiger partial charge in [-0.15, -0.1) is 0 Å². The summed E-state index contributed by atoms with van der Waals surface area (Å²) in [5.41, 5.74) is 1.24. The van der Waals surface area contributed by atoms with Gasteiger partial charge in [-0.3, -0.25) is 0 Å². The fourth-order valence-electron chi connectivity index (χ4n) is 2.07. The third-order valence-electron chi connectivity index (χ3n) is 2.46. The van der Waals surface area contributed by atoms with Crippen molar-refractivity contribution in [2.24, 2.45) is 10.8 Å². The van der Waals surface area contributed by atoms with Gasteiger partial charge in [0.25, 0.3) is 0 Å². The Balaban J connectivity index is 2.71. The summed E-state index contributed by atoms with van der Waals surface area (Å²) in [4.78, 5) is 0. The van der Waals surface area contributed by atoms with E-state index in [9.17, 15) is 0 Å². The molecular formula is C12H22Y4. The Morgan fingerprint density at radius 1 is 0.812 bits per heavy atom. The Bertz CT molecular complexity index is 320. The van der Waals surface area contributed by atoms with E-state index in [1.807, 2.05) is 0 Å². The van der Waals surface area contributed by atoms with Crippen LogP contribution in [0.25, 0.3) is 0 Å². The minimum absolute atomic E-state index is 0.0612.